The summed E-state index contributed by atoms with van der Waals surface area (Å²) in [6, 6.07) is 7.68. The molecule has 0 aliphatic rings. The molecule has 2 heterocycles. The molecule has 112 valence electrons. The normalized spacial score (nSPS) is 11.1. The predicted molar refractivity (Wildman–Crippen MR) is 89.1 cm³/mol. The van der Waals surface area contributed by atoms with Gasteiger partial charge in [-0.2, -0.15) is 5.10 Å². The fourth-order valence-electron chi connectivity index (χ4n) is 2.22. The van der Waals surface area contributed by atoms with Crippen molar-refractivity contribution >= 4 is 45.7 Å². The molecule has 22 heavy (non-hydrogen) atoms. The second-order valence-corrected chi connectivity index (χ2v) is 5.95. The summed E-state index contributed by atoms with van der Waals surface area (Å²) in [6.07, 6.45) is 1.33. The molecule has 0 fully saturated rings. The number of hydrogen-bond donors (Lipinski definition) is 0. The fraction of sp³-hybridized carbons (Fsp3) is 0.133. The van der Waals surface area contributed by atoms with Crippen LogP contribution < -0.4 is 5.56 Å². The molecule has 1 aromatic carbocycles. The monoisotopic (exact) mass is 353 g/mol. The van der Waals surface area contributed by atoms with Gasteiger partial charge in [0.15, 0.2) is 0 Å². The lowest BCUT2D eigenvalue weighted by Gasteiger charge is -2.11. The van der Waals surface area contributed by atoms with E-state index in [-0.39, 0.29) is 16.6 Å². The van der Waals surface area contributed by atoms with Crippen molar-refractivity contribution in [2.24, 2.45) is 0 Å². The van der Waals surface area contributed by atoms with Crippen LogP contribution in [0, 0.1) is 6.92 Å². The van der Waals surface area contributed by atoms with Gasteiger partial charge in [0.05, 0.1) is 34.0 Å². The molecule has 0 aliphatic heterocycles. The maximum absolute atomic E-state index is 12.1. The molecule has 7 heteroatoms. The lowest BCUT2D eigenvalue weighted by Crippen LogP contribution is -2.24. The minimum absolute atomic E-state index is 0.0645. The second kappa shape index (κ2) is 5.88. The van der Waals surface area contributed by atoms with Crippen molar-refractivity contribution in [1.29, 1.82) is 0 Å². The number of para-hydroxylation sites is 1. The van der Waals surface area contributed by atoms with Crippen molar-refractivity contribution in [2.45, 2.75) is 13.5 Å². The Morgan fingerprint density at radius 3 is 2.64 bits per heavy atom. The Labute approximate surface area is 141 Å². The van der Waals surface area contributed by atoms with Crippen LogP contribution in [-0.2, 0) is 6.54 Å². The highest BCUT2D eigenvalue weighted by Gasteiger charge is 2.13. The number of aromatic nitrogens is 3. The van der Waals surface area contributed by atoms with Gasteiger partial charge in [-0.1, -0.05) is 53.0 Å². The standard InChI is InChI=1S/C15H10Cl3N3O/c1-8-9-4-2-3-5-11(9)20-12(13(8)17)7-21-15(22)14(18)10(16)6-19-21/h2-6H,7H2,1H3. The molecular formula is C15H10Cl3N3O. The SMILES string of the molecule is Cc1c(Cl)c(Cn2ncc(Cl)c(Cl)c2=O)nc2ccccc12. The number of nitrogens with zero attached hydrogens (tertiary/aromatic N) is 3. The van der Waals surface area contributed by atoms with Crippen molar-refractivity contribution in [3.63, 3.8) is 0 Å². The summed E-state index contributed by atoms with van der Waals surface area (Å²) in [5.74, 6) is 0. The lowest BCUT2D eigenvalue weighted by molar-refractivity contribution is 0.629. The van der Waals surface area contributed by atoms with Crippen molar-refractivity contribution in [1.82, 2.24) is 14.8 Å². The van der Waals surface area contributed by atoms with E-state index in [1.54, 1.807) is 0 Å². The van der Waals surface area contributed by atoms with Crippen LogP contribution in [-0.4, -0.2) is 14.8 Å². The van der Waals surface area contributed by atoms with E-state index in [1.807, 2.05) is 31.2 Å². The summed E-state index contributed by atoms with van der Waals surface area (Å²) in [5, 5.41) is 5.52. The van der Waals surface area contributed by atoms with Gasteiger partial charge in [0.25, 0.3) is 5.56 Å². The third-order valence-electron chi connectivity index (χ3n) is 3.39. The van der Waals surface area contributed by atoms with Crippen LogP contribution >= 0.6 is 34.8 Å². The van der Waals surface area contributed by atoms with Gasteiger partial charge in [0.1, 0.15) is 5.02 Å². The van der Waals surface area contributed by atoms with Gasteiger partial charge >= 0.3 is 0 Å². The fourth-order valence-corrected chi connectivity index (χ4v) is 2.70. The molecule has 4 nitrogen and oxygen atoms in total. The molecule has 3 aromatic rings. The molecule has 0 radical (unpaired) electrons. The van der Waals surface area contributed by atoms with E-state index in [0.29, 0.717) is 10.7 Å². The maximum Gasteiger partial charge on any atom is 0.287 e. The average molecular weight is 355 g/mol. The molecule has 0 bridgehead atoms. The topological polar surface area (TPSA) is 47.8 Å². The summed E-state index contributed by atoms with van der Waals surface area (Å²) in [7, 11) is 0. The van der Waals surface area contributed by atoms with E-state index in [2.05, 4.69) is 10.1 Å². The number of rotatable bonds is 2. The third kappa shape index (κ3) is 2.58. The molecule has 0 amide bonds. The lowest BCUT2D eigenvalue weighted by atomic mass is 10.1. The van der Waals surface area contributed by atoms with E-state index < -0.39 is 5.56 Å². The van der Waals surface area contributed by atoms with E-state index in [4.69, 9.17) is 34.8 Å². The Morgan fingerprint density at radius 2 is 1.86 bits per heavy atom. The van der Waals surface area contributed by atoms with Crippen LogP contribution in [0.4, 0.5) is 0 Å². The van der Waals surface area contributed by atoms with Crippen LogP contribution in [0.25, 0.3) is 10.9 Å². The minimum Gasteiger partial charge on any atom is -0.266 e. The number of fused-ring (bicyclic) bond motifs is 1. The van der Waals surface area contributed by atoms with E-state index in [1.165, 1.54) is 10.9 Å². The molecule has 2 aromatic heterocycles. The number of hydrogen-bond acceptors (Lipinski definition) is 3. The minimum atomic E-state index is -0.474. The van der Waals surface area contributed by atoms with Gasteiger partial charge in [-0.3, -0.25) is 4.79 Å². The number of aryl methyl sites for hydroxylation is 1. The number of pyridine rings is 1. The van der Waals surface area contributed by atoms with Gasteiger partial charge in [-0.05, 0) is 18.6 Å². The highest BCUT2D eigenvalue weighted by Crippen LogP contribution is 2.27. The van der Waals surface area contributed by atoms with E-state index >= 15 is 0 Å². The Kier molecular flexibility index (Phi) is 4.08. The second-order valence-electron chi connectivity index (χ2n) is 4.78. The van der Waals surface area contributed by atoms with Crippen molar-refractivity contribution in [3.05, 3.63) is 67.1 Å². The average Bonchev–Trinajstić information content (AvgIpc) is 2.52. The van der Waals surface area contributed by atoms with Crippen molar-refractivity contribution in [3.8, 4) is 0 Å². The van der Waals surface area contributed by atoms with Crippen LogP contribution in [0.3, 0.4) is 0 Å². The van der Waals surface area contributed by atoms with Crippen molar-refractivity contribution < 1.29 is 0 Å². The summed E-state index contributed by atoms with van der Waals surface area (Å²) >= 11 is 18.0. The zero-order chi connectivity index (χ0) is 15.9. The smallest absolute Gasteiger partial charge is 0.266 e. The molecule has 0 N–H and O–H groups in total. The van der Waals surface area contributed by atoms with Crippen LogP contribution in [0.15, 0.2) is 35.3 Å². The first-order valence-corrected chi connectivity index (χ1v) is 7.57. The Balaban J connectivity index is 2.14. The van der Waals surface area contributed by atoms with Gasteiger partial charge in [-0.15, -0.1) is 0 Å². The maximum atomic E-state index is 12.1. The Morgan fingerprint density at radius 1 is 1.14 bits per heavy atom. The summed E-state index contributed by atoms with van der Waals surface area (Å²) in [6.45, 7) is 2.04. The predicted octanol–water partition coefficient (Wildman–Crippen LogP) is 4.11. The molecule has 0 unspecified atom stereocenters. The third-order valence-corrected chi connectivity index (χ3v) is 4.64. The molecule has 0 aliphatic carbocycles. The largest absolute Gasteiger partial charge is 0.287 e. The number of benzene rings is 1. The summed E-state index contributed by atoms with van der Waals surface area (Å²) in [5.41, 5.74) is 1.81. The molecule has 0 spiro atoms. The highest BCUT2D eigenvalue weighted by atomic mass is 35.5. The molecule has 0 saturated carbocycles. The van der Waals surface area contributed by atoms with Crippen LogP contribution in [0.5, 0.6) is 0 Å². The highest BCUT2D eigenvalue weighted by molar-refractivity contribution is 6.41. The van der Waals surface area contributed by atoms with Gasteiger partial charge in [0.2, 0.25) is 0 Å². The van der Waals surface area contributed by atoms with Gasteiger partial charge in [-0.25, -0.2) is 9.67 Å². The van der Waals surface area contributed by atoms with Gasteiger partial charge in [0, 0.05) is 5.39 Å². The Hall–Kier alpha value is -1.62. The van der Waals surface area contributed by atoms with Gasteiger partial charge < -0.3 is 0 Å². The zero-order valence-electron chi connectivity index (χ0n) is 11.5. The molecule has 0 saturated heterocycles. The van der Waals surface area contributed by atoms with Crippen molar-refractivity contribution in [2.75, 3.05) is 0 Å². The van der Waals surface area contributed by atoms with E-state index in [0.717, 1.165) is 16.5 Å². The zero-order valence-corrected chi connectivity index (χ0v) is 13.7. The molecule has 0 atom stereocenters. The quantitative estimate of drug-likeness (QED) is 0.696. The first kappa shape index (κ1) is 15.3. The first-order chi connectivity index (χ1) is 10.5. The van der Waals surface area contributed by atoms with Crippen LogP contribution in [0.2, 0.25) is 15.1 Å². The summed E-state index contributed by atoms with van der Waals surface area (Å²) < 4.78 is 1.19. The molecular weight excluding hydrogens is 345 g/mol. The summed E-state index contributed by atoms with van der Waals surface area (Å²) in [4.78, 5) is 16.6. The first-order valence-electron chi connectivity index (χ1n) is 6.44. The van der Waals surface area contributed by atoms with E-state index in [9.17, 15) is 4.79 Å². The Bertz CT molecular complexity index is 937. The molecule has 3 rings (SSSR count). The van der Waals surface area contributed by atoms with Crippen LogP contribution in [0.1, 0.15) is 11.3 Å². The number of halogens is 3.